The molecule has 0 aromatic heterocycles. The zero-order valence-electron chi connectivity index (χ0n) is 9.51. The summed E-state index contributed by atoms with van der Waals surface area (Å²) < 4.78 is 26.2. The molecule has 1 unspecified atom stereocenters. The molecule has 0 aliphatic carbocycles. The van der Waals surface area contributed by atoms with Crippen molar-refractivity contribution in [3.63, 3.8) is 0 Å². The van der Waals surface area contributed by atoms with Crippen LogP contribution in [0.5, 0.6) is 0 Å². The predicted molar refractivity (Wildman–Crippen MR) is 70.5 cm³/mol. The van der Waals surface area contributed by atoms with E-state index in [1.165, 1.54) is 22.5 Å². The zero-order chi connectivity index (χ0) is 13.3. The molecule has 0 radical (unpaired) electrons. The van der Waals surface area contributed by atoms with Gasteiger partial charge in [0.15, 0.2) is 0 Å². The molecule has 100 valence electrons. The summed E-state index contributed by atoms with van der Waals surface area (Å²) in [5.41, 5.74) is 0. The van der Waals surface area contributed by atoms with E-state index >= 15 is 0 Å². The van der Waals surface area contributed by atoms with Crippen molar-refractivity contribution in [3.05, 3.63) is 28.2 Å². The highest BCUT2D eigenvalue weighted by molar-refractivity contribution is 7.89. The van der Waals surface area contributed by atoms with Crippen LogP contribution in [0.4, 0.5) is 0 Å². The molecule has 1 atom stereocenters. The molecule has 1 aliphatic rings. The lowest BCUT2D eigenvalue weighted by molar-refractivity contribution is 0.213. The van der Waals surface area contributed by atoms with E-state index in [-0.39, 0.29) is 22.6 Å². The van der Waals surface area contributed by atoms with Crippen molar-refractivity contribution in [1.82, 2.24) is 4.31 Å². The first-order valence-corrected chi connectivity index (χ1v) is 7.74. The lowest BCUT2D eigenvalue weighted by Gasteiger charge is -2.22. The Kier molecular flexibility index (Phi) is 4.18. The minimum Gasteiger partial charge on any atom is -0.395 e. The molecule has 2 rings (SSSR count). The second-order valence-electron chi connectivity index (χ2n) is 4.17. The average Bonchev–Trinajstić information content (AvgIpc) is 2.76. The Balaban J connectivity index is 2.42. The van der Waals surface area contributed by atoms with Crippen molar-refractivity contribution in [3.8, 4) is 0 Å². The summed E-state index contributed by atoms with van der Waals surface area (Å²) in [4.78, 5) is 0.0360. The first-order chi connectivity index (χ1) is 8.46. The lowest BCUT2D eigenvalue weighted by atomic mass is 10.2. The van der Waals surface area contributed by atoms with Crippen LogP contribution in [-0.2, 0) is 10.0 Å². The molecule has 7 heteroatoms. The van der Waals surface area contributed by atoms with Gasteiger partial charge in [-0.15, -0.1) is 0 Å². The van der Waals surface area contributed by atoms with Gasteiger partial charge < -0.3 is 5.11 Å². The van der Waals surface area contributed by atoms with Gasteiger partial charge >= 0.3 is 0 Å². The molecule has 0 saturated carbocycles. The van der Waals surface area contributed by atoms with Crippen molar-refractivity contribution in [1.29, 1.82) is 0 Å². The molecule has 0 bridgehead atoms. The number of sulfonamides is 1. The van der Waals surface area contributed by atoms with E-state index in [2.05, 4.69) is 0 Å². The normalized spacial score (nSPS) is 21.4. The third-order valence-corrected chi connectivity index (χ3v) is 5.68. The van der Waals surface area contributed by atoms with Crippen molar-refractivity contribution in [2.75, 3.05) is 13.2 Å². The fourth-order valence-electron chi connectivity index (χ4n) is 2.12. The van der Waals surface area contributed by atoms with Gasteiger partial charge in [-0.2, -0.15) is 4.31 Å². The van der Waals surface area contributed by atoms with Gasteiger partial charge in [0.05, 0.1) is 11.6 Å². The van der Waals surface area contributed by atoms with Gasteiger partial charge in [0.1, 0.15) is 4.90 Å². The van der Waals surface area contributed by atoms with Gasteiger partial charge in [0.2, 0.25) is 10.0 Å². The van der Waals surface area contributed by atoms with E-state index in [4.69, 9.17) is 23.2 Å². The third kappa shape index (κ3) is 2.51. The highest BCUT2D eigenvalue weighted by Crippen LogP contribution is 2.31. The molecular formula is C11H13Cl2NO3S. The number of benzene rings is 1. The lowest BCUT2D eigenvalue weighted by Crippen LogP contribution is -2.37. The molecule has 1 heterocycles. The standard InChI is InChI=1S/C11H13Cl2NO3S/c12-8-3-4-11(10(13)6-8)18(16,17)14-5-1-2-9(14)7-15/h3-4,6,9,15H,1-2,5,7H2. The molecular weight excluding hydrogens is 297 g/mol. The number of aliphatic hydroxyl groups is 1. The van der Waals surface area contributed by atoms with Crippen LogP contribution in [-0.4, -0.2) is 37.0 Å². The van der Waals surface area contributed by atoms with Crippen molar-refractivity contribution >= 4 is 33.2 Å². The van der Waals surface area contributed by atoms with Gasteiger partial charge in [-0.3, -0.25) is 0 Å². The van der Waals surface area contributed by atoms with Crippen LogP contribution in [0, 0.1) is 0 Å². The fraction of sp³-hybridized carbons (Fsp3) is 0.455. The number of aliphatic hydroxyl groups excluding tert-OH is 1. The molecule has 1 aromatic carbocycles. The maximum atomic E-state index is 12.4. The SMILES string of the molecule is O=S(=O)(c1ccc(Cl)cc1Cl)N1CCCC1CO. The monoisotopic (exact) mass is 309 g/mol. The van der Waals surface area contributed by atoms with Crippen molar-refractivity contribution in [2.24, 2.45) is 0 Å². The Morgan fingerprint density at radius 3 is 2.72 bits per heavy atom. The Hall–Kier alpha value is -0.330. The molecule has 1 aromatic rings. The van der Waals surface area contributed by atoms with Gasteiger partial charge in [-0.1, -0.05) is 23.2 Å². The number of hydrogen-bond acceptors (Lipinski definition) is 3. The number of halogens is 2. The van der Waals surface area contributed by atoms with Crippen LogP contribution < -0.4 is 0 Å². The summed E-state index contributed by atoms with van der Waals surface area (Å²) >= 11 is 11.7. The molecule has 1 aliphatic heterocycles. The Morgan fingerprint density at radius 2 is 2.11 bits per heavy atom. The number of rotatable bonds is 3. The minimum absolute atomic E-state index is 0.0360. The van der Waals surface area contributed by atoms with Gasteiger partial charge in [0, 0.05) is 17.6 Å². The molecule has 1 fully saturated rings. The first-order valence-electron chi connectivity index (χ1n) is 5.54. The maximum Gasteiger partial charge on any atom is 0.244 e. The zero-order valence-corrected chi connectivity index (χ0v) is 11.8. The number of hydrogen-bond donors (Lipinski definition) is 1. The fourth-order valence-corrected chi connectivity index (χ4v) is 4.55. The second-order valence-corrected chi connectivity index (χ2v) is 6.87. The minimum atomic E-state index is -3.66. The first kappa shape index (κ1) is 14.1. The van der Waals surface area contributed by atoms with Crippen molar-refractivity contribution in [2.45, 2.75) is 23.8 Å². The Morgan fingerprint density at radius 1 is 1.39 bits per heavy atom. The average molecular weight is 310 g/mol. The maximum absolute atomic E-state index is 12.4. The van der Waals surface area contributed by atoms with Gasteiger partial charge in [-0.05, 0) is 31.0 Å². The topological polar surface area (TPSA) is 57.6 Å². The third-order valence-electron chi connectivity index (χ3n) is 3.01. The molecule has 18 heavy (non-hydrogen) atoms. The summed E-state index contributed by atoms with van der Waals surface area (Å²) in [6, 6.07) is 3.93. The van der Waals surface area contributed by atoms with Gasteiger partial charge in [-0.25, -0.2) is 8.42 Å². The summed E-state index contributed by atoms with van der Waals surface area (Å²) in [6.45, 7) is 0.233. The van der Waals surface area contributed by atoms with Crippen LogP contribution in [0.25, 0.3) is 0 Å². The van der Waals surface area contributed by atoms with Crippen molar-refractivity contribution < 1.29 is 13.5 Å². The van der Waals surface area contributed by atoms with E-state index in [0.717, 1.165) is 6.42 Å². The van der Waals surface area contributed by atoms with Crippen LogP contribution in [0.2, 0.25) is 10.0 Å². The smallest absolute Gasteiger partial charge is 0.244 e. The van der Waals surface area contributed by atoms with E-state index in [1.54, 1.807) is 0 Å². The highest BCUT2D eigenvalue weighted by atomic mass is 35.5. The van der Waals surface area contributed by atoms with Crippen LogP contribution >= 0.6 is 23.2 Å². The summed E-state index contributed by atoms with van der Waals surface area (Å²) in [6.07, 6.45) is 1.41. The summed E-state index contributed by atoms with van der Waals surface area (Å²) in [7, 11) is -3.66. The Labute approximate surface area is 116 Å². The molecule has 0 amide bonds. The van der Waals surface area contributed by atoms with E-state index in [0.29, 0.717) is 18.0 Å². The Bertz CT molecular complexity index is 547. The van der Waals surface area contributed by atoms with E-state index in [1.807, 2.05) is 0 Å². The highest BCUT2D eigenvalue weighted by Gasteiger charge is 2.35. The largest absolute Gasteiger partial charge is 0.395 e. The molecule has 1 N–H and O–H groups in total. The summed E-state index contributed by atoms with van der Waals surface area (Å²) in [5.74, 6) is 0. The van der Waals surface area contributed by atoms with E-state index in [9.17, 15) is 13.5 Å². The molecule has 0 spiro atoms. The summed E-state index contributed by atoms with van der Waals surface area (Å²) in [5, 5.41) is 9.69. The molecule has 4 nitrogen and oxygen atoms in total. The second kappa shape index (κ2) is 5.35. The van der Waals surface area contributed by atoms with Crippen LogP contribution in [0.3, 0.4) is 0 Å². The van der Waals surface area contributed by atoms with E-state index < -0.39 is 10.0 Å². The van der Waals surface area contributed by atoms with Crippen LogP contribution in [0.1, 0.15) is 12.8 Å². The molecule has 1 saturated heterocycles. The predicted octanol–water partition coefficient (Wildman–Crippen LogP) is 2.14. The quantitative estimate of drug-likeness (QED) is 0.930. The van der Waals surface area contributed by atoms with Gasteiger partial charge in [0.25, 0.3) is 0 Å². The number of nitrogens with zero attached hydrogens (tertiary/aromatic N) is 1. The van der Waals surface area contributed by atoms with Crippen LogP contribution in [0.15, 0.2) is 23.1 Å².